The van der Waals surface area contributed by atoms with E-state index in [2.05, 4.69) is 34.6 Å². The molecule has 14 heavy (non-hydrogen) atoms. The molecule has 2 unspecified atom stereocenters. The molecule has 0 spiro atoms. The van der Waals surface area contributed by atoms with E-state index in [9.17, 15) is 4.79 Å². The zero-order valence-electron chi connectivity index (χ0n) is 10.3. The van der Waals surface area contributed by atoms with Crippen LogP contribution in [0, 0.1) is 17.3 Å². The maximum atomic E-state index is 12.0. The third-order valence-corrected chi connectivity index (χ3v) is 3.44. The molecule has 1 amide bonds. The fourth-order valence-corrected chi connectivity index (χ4v) is 2.35. The van der Waals surface area contributed by atoms with Gasteiger partial charge in [0.1, 0.15) is 0 Å². The van der Waals surface area contributed by atoms with E-state index in [0.29, 0.717) is 17.9 Å². The molecule has 1 saturated heterocycles. The number of amides is 1. The number of likely N-dealkylation sites (tertiary alicyclic amines) is 1. The molecule has 0 aromatic heterocycles. The molecule has 2 atom stereocenters. The Kier molecular flexibility index (Phi) is 2.93. The molecular formula is C12H23NO. The summed E-state index contributed by atoms with van der Waals surface area (Å²) < 4.78 is 0. The van der Waals surface area contributed by atoms with Gasteiger partial charge >= 0.3 is 0 Å². The highest BCUT2D eigenvalue weighted by Crippen LogP contribution is 2.39. The number of nitrogens with zero attached hydrogens (tertiary/aromatic N) is 1. The van der Waals surface area contributed by atoms with Crippen LogP contribution in [0.25, 0.3) is 0 Å². The first-order valence-electron chi connectivity index (χ1n) is 5.52. The van der Waals surface area contributed by atoms with Crippen LogP contribution < -0.4 is 0 Å². The van der Waals surface area contributed by atoms with E-state index >= 15 is 0 Å². The number of carbonyl (C=O) groups excluding carboxylic acids is 1. The summed E-state index contributed by atoms with van der Waals surface area (Å²) in [6.07, 6.45) is 1.02. The number of carbonyl (C=O) groups is 1. The second-order valence-electron chi connectivity index (χ2n) is 5.91. The molecule has 1 fully saturated rings. The fraction of sp³-hybridized carbons (Fsp3) is 0.917. The van der Waals surface area contributed by atoms with Crippen LogP contribution in [-0.4, -0.2) is 23.9 Å². The number of rotatable bonds is 1. The predicted octanol–water partition coefficient (Wildman–Crippen LogP) is 2.54. The van der Waals surface area contributed by atoms with Gasteiger partial charge in [-0.15, -0.1) is 0 Å². The third-order valence-electron chi connectivity index (χ3n) is 3.44. The summed E-state index contributed by atoms with van der Waals surface area (Å²) in [5.74, 6) is 1.10. The lowest BCUT2D eigenvalue weighted by atomic mass is 9.78. The average Bonchev–Trinajstić information content (AvgIpc) is 2.28. The standard InChI is InChI=1S/C12H23NO/c1-8(2)10-7-9(12(3,4)5)11(14)13(10)6/h8-10H,7H2,1-6H3. The Bertz CT molecular complexity index is 227. The Morgan fingerprint density at radius 3 is 2.07 bits per heavy atom. The third kappa shape index (κ3) is 1.94. The molecule has 0 aromatic rings. The van der Waals surface area contributed by atoms with E-state index in [-0.39, 0.29) is 11.3 Å². The van der Waals surface area contributed by atoms with Gasteiger partial charge in [-0.2, -0.15) is 0 Å². The Balaban J connectivity index is 2.82. The zero-order valence-corrected chi connectivity index (χ0v) is 10.3. The Labute approximate surface area is 87.7 Å². The molecule has 2 nitrogen and oxygen atoms in total. The van der Waals surface area contributed by atoms with Crippen molar-refractivity contribution in [3.8, 4) is 0 Å². The van der Waals surface area contributed by atoms with E-state index in [0.717, 1.165) is 6.42 Å². The largest absolute Gasteiger partial charge is 0.342 e. The summed E-state index contributed by atoms with van der Waals surface area (Å²) in [6.45, 7) is 10.9. The highest BCUT2D eigenvalue weighted by molar-refractivity contribution is 5.82. The monoisotopic (exact) mass is 197 g/mol. The molecule has 0 bridgehead atoms. The van der Waals surface area contributed by atoms with Gasteiger partial charge in [-0.05, 0) is 17.8 Å². The van der Waals surface area contributed by atoms with Gasteiger partial charge in [0.15, 0.2) is 0 Å². The molecule has 82 valence electrons. The molecule has 1 aliphatic rings. The van der Waals surface area contributed by atoms with Gasteiger partial charge in [0.25, 0.3) is 0 Å². The highest BCUT2D eigenvalue weighted by atomic mass is 16.2. The van der Waals surface area contributed by atoms with Crippen molar-refractivity contribution in [1.82, 2.24) is 4.90 Å². The van der Waals surface area contributed by atoms with Crippen LogP contribution in [0.3, 0.4) is 0 Å². The molecule has 2 heteroatoms. The molecule has 1 heterocycles. The average molecular weight is 197 g/mol. The molecule has 1 rings (SSSR count). The van der Waals surface area contributed by atoms with E-state index in [4.69, 9.17) is 0 Å². The molecule has 1 aliphatic heterocycles. The number of hydrogen-bond donors (Lipinski definition) is 0. The van der Waals surface area contributed by atoms with Crippen molar-refractivity contribution in [2.45, 2.75) is 47.1 Å². The molecule has 0 saturated carbocycles. The maximum Gasteiger partial charge on any atom is 0.226 e. The van der Waals surface area contributed by atoms with Crippen molar-refractivity contribution in [2.75, 3.05) is 7.05 Å². The van der Waals surface area contributed by atoms with E-state index < -0.39 is 0 Å². The molecule has 0 N–H and O–H groups in total. The molecule has 0 radical (unpaired) electrons. The van der Waals surface area contributed by atoms with Crippen LogP contribution in [-0.2, 0) is 4.79 Å². The normalized spacial score (nSPS) is 29.1. The number of hydrogen-bond acceptors (Lipinski definition) is 1. The fourth-order valence-electron chi connectivity index (χ4n) is 2.35. The summed E-state index contributed by atoms with van der Waals surface area (Å²) in [6, 6.07) is 0.437. The summed E-state index contributed by atoms with van der Waals surface area (Å²) in [5, 5.41) is 0. The minimum absolute atomic E-state index is 0.106. The Morgan fingerprint density at radius 2 is 1.86 bits per heavy atom. The van der Waals surface area contributed by atoms with Crippen LogP contribution in [0.2, 0.25) is 0 Å². The van der Waals surface area contributed by atoms with Gasteiger partial charge in [0, 0.05) is 19.0 Å². The van der Waals surface area contributed by atoms with Gasteiger partial charge in [-0.1, -0.05) is 34.6 Å². The molecule has 0 aliphatic carbocycles. The van der Waals surface area contributed by atoms with Crippen molar-refractivity contribution in [1.29, 1.82) is 0 Å². The van der Waals surface area contributed by atoms with Crippen LogP contribution in [0.15, 0.2) is 0 Å². The smallest absolute Gasteiger partial charge is 0.226 e. The first-order chi connectivity index (χ1) is 6.25. The van der Waals surface area contributed by atoms with Gasteiger partial charge in [-0.25, -0.2) is 0 Å². The van der Waals surface area contributed by atoms with Crippen LogP contribution in [0.1, 0.15) is 41.0 Å². The van der Waals surface area contributed by atoms with Crippen molar-refractivity contribution < 1.29 is 4.79 Å². The van der Waals surface area contributed by atoms with Crippen molar-refractivity contribution in [3.05, 3.63) is 0 Å². The van der Waals surface area contributed by atoms with E-state index in [1.807, 2.05) is 11.9 Å². The lowest BCUT2D eigenvalue weighted by molar-refractivity contribution is -0.133. The SMILES string of the molecule is CC(C)C1CC(C(C)(C)C)C(=O)N1C. The second-order valence-corrected chi connectivity index (χ2v) is 5.91. The van der Waals surface area contributed by atoms with Gasteiger partial charge in [-0.3, -0.25) is 4.79 Å². The minimum Gasteiger partial charge on any atom is -0.342 e. The summed E-state index contributed by atoms with van der Waals surface area (Å²) >= 11 is 0. The molecular weight excluding hydrogens is 174 g/mol. The van der Waals surface area contributed by atoms with Crippen LogP contribution >= 0.6 is 0 Å². The summed E-state index contributed by atoms with van der Waals surface area (Å²) in [5.41, 5.74) is 0.106. The first kappa shape index (κ1) is 11.5. The minimum atomic E-state index is 0.106. The van der Waals surface area contributed by atoms with Crippen molar-refractivity contribution >= 4 is 5.91 Å². The highest BCUT2D eigenvalue weighted by Gasteiger charge is 2.43. The van der Waals surface area contributed by atoms with Crippen molar-refractivity contribution in [3.63, 3.8) is 0 Å². The van der Waals surface area contributed by atoms with Gasteiger partial charge < -0.3 is 4.90 Å². The second kappa shape index (κ2) is 3.56. The summed E-state index contributed by atoms with van der Waals surface area (Å²) in [4.78, 5) is 13.9. The quantitative estimate of drug-likeness (QED) is 0.632. The molecule has 0 aromatic carbocycles. The zero-order chi connectivity index (χ0) is 11.1. The Morgan fingerprint density at radius 1 is 1.36 bits per heavy atom. The van der Waals surface area contributed by atoms with E-state index in [1.165, 1.54) is 0 Å². The lowest BCUT2D eigenvalue weighted by Gasteiger charge is -2.24. The van der Waals surface area contributed by atoms with Crippen molar-refractivity contribution in [2.24, 2.45) is 17.3 Å². The van der Waals surface area contributed by atoms with E-state index in [1.54, 1.807) is 0 Å². The van der Waals surface area contributed by atoms with Gasteiger partial charge in [0.2, 0.25) is 5.91 Å². The summed E-state index contributed by atoms with van der Waals surface area (Å²) in [7, 11) is 1.94. The van der Waals surface area contributed by atoms with Crippen LogP contribution in [0.4, 0.5) is 0 Å². The van der Waals surface area contributed by atoms with Gasteiger partial charge in [0.05, 0.1) is 0 Å². The lowest BCUT2D eigenvalue weighted by Crippen LogP contribution is -2.34. The topological polar surface area (TPSA) is 20.3 Å². The predicted molar refractivity (Wildman–Crippen MR) is 59.0 cm³/mol. The Hall–Kier alpha value is -0.530. The maximum absolute atomic E-state index is 12.0. The first-order valence-corrected chi connectivity index (χ1v) is 5.52. The van der Waals surface area contributed by atoms with Crippen LogP contribution in [0.5, 0.6) is 0 Å².